The molecule has 0 aromatic heterocycles. The van der Waals surface area contributed by atoms with Gasteiger partial charge in [0.05, 0.1) is 11.1 Å². The molecule has 0 spiro atoms. The first-order valence-electron chi connectivity index (χ1n) is 8.44. The summed E-state index contributed by atoms with van der Waals surface area (Å²) < 4.78 is 0. The van der Waals surface area contributed by atoms with E-state index in [-0.39, 0.29) is 23.7 Å². The van der Waals surface area contributed by atoms with Crippen molar-refractivity contribution in [3.05, 3.63) is 29.3 Å². The molecule has 3 aliphatic rings. The van der Waals surface area contributed by atoms with Crippen LogP contribution in [0.4, 0.5) is 5.69 Å². The van der Waals surface area contributed by atoms with E-state index < -0.39 is 5.41 Å². The van der Waals surface area contributed by atoms with Gasteiger partial charge in [0.1, 0.15) is 0 Å². The van der Waals surface area contributed by atoms with Gasteiger partial charge in [0, 0.05) is 17.5 Å². The number of hydrogen-bond donors (Lipinski definition) is 2. The van der Waals surface area contributed by atoms with Crippen LogP contribution in [0.1, 0.15) is 50.7 Å². The summed E-state index contributed by atoms with van der Waals surface area (Å²) in [5, 5.41) is 7.33. The van der Waals surface area contributed by atoms with Crippen molar-refractivity contribution in [2.45, 2.75) is 44.9 Å². The van der Waals surface area contributed by atoms with Crippen molar-refractivity contribution in [1.82, 2.24) is 5.43 Å². The molecule has 0 radical (unpaired) electrons. The Bertz CT molecular complexity index is 734. The molecule has 0 saturated heterocycles. The standard InChI is InChI=1S/C18H21N3O2/c1-3-18(4-2)13-9-10(5-8-14(13)19-17(18)23)15-11-6-7-12(11)16(22)21-20-15/h5,8-9,11-12H,3-4,6-7H2,1-2H3,(H,19,23)(H,21,22). The SMILES string of the molecule is CCC1(CC)C(=O)Nc2ccc(C3=NNC(=O)C4CCC34)cc21. The van der Waals surface area contributed by atoms with Crippen LogP contribution < -0.4 is 10.7 Å². The lowest BCUT2D eigenvalue weighted by atomic mass is 9.68. The predicted molar refractivity (Wildman–Crippen MR) is 88.2 cm³/mol. The van der Waals surface area contributed by atoms with Crippen LogP contribution in [0.15, 0.2) is 23.3 Å². The van der Waals surface area contributed by atoms with Crippen LogP contribution in [0.25, 0.3) is 0 Å². The molecule has 2 amide bonds. The first-order valence-corrected chi connectivity index (χ1v) is 8.44. The predicted octanol–water partition coefficient (Wildman–Crippen LogP) is 2.56. The van der Waals surface area contributed by atoms with E-state index in [9.17, 15) is 9.59 Å². The van der Waals surface area contributed by atoms with E-state index >= 15 is 0 Å². The molecular formula is C18H21N3O2. The molecular weight excluding hydrogens is 290 g/mol. The van der Waals surface area contributed by atoms with Gasteiger partial charge in [-0.25, -0.2) is 5.43 Å². The Morgan fingerprint density at radius 1 is 1.17 bits per heavy atom. The normalized spacial score (nSPS) is 27.3. The Labute approximate surface area is 135 Å². The third-order valence-electron chi connectivity index (χ3n) is 5.97. The topological polar surface area (TPSA) is 70.6 Å². The lowest BCUT2D eigenvalue weighted by Crippen LogP contribution is -2.48. The molecule has 5 nitrogen and oxygen atoms in total. The Hall–Kier alpha value is -2.17. The highest BCUT2D eigenvalue weighted by molar-refractivity contribution is 6.10. The molecule has 2 atom stereocenters. The Balaban J connectivity index is 1.78. The van der Waals surface area contributed by atoms with E-state index in [1.165, 1.54) is 0 Å². The molecule has 23 heavy (non-hydrogen) atoms. The molecule has 120 valence electrons. The second kappa shape index (κ2) is 4.91. The maximum absolute atomic E-state index is 12.5. The number of amides is 2. The number of hydrazone groups is 1. The molecule has 2 unspecified atom stereocenters. The molecule has 2 N–H and O–H groups in total. The fraction of sp³-hybridized carbons (Fsp3) is 0.500. The van der Waals surface area contributed by atoms with Crippen LogP contribution >= 0.6 is 0 Å². The van der Waals surface area contributed by atoms with Crippen LogP contribution in [0.5, 0.6) is 0 Å². The molecule has 1 aromatic carbocycles. The van der Waals surface area contributed by atoms with Gasteiger partial charge < -0.3 is 5.32 Å². The van der Waals surface area contributed by atoms with E-state index in [0.717, 1.165) is 48.2 Å². The summed E-state index contributed by atoms with van der Waals surface area (Å²) in [7, 11) is 0. The van der Waals surface area contributed by atoms with Crippen LogP contribution in [0.2, 0.25) is 0 Å². The zero-order chi connectivity index (χ0) is 16.2. The number of anilines is 1. The van der Waals surface area contributed by atoms with E-state index in [4.69, 9.17) is 0 Å². The van der Waals surface area contributed by atoms with Crippen molar-refractivity contribution in [2.24, 2.45) is 16.9 Å². The van der Waals surface area contributed by atoms with Crippen LogP contribution in [-0.4, -0.2) is 17.5 Å². The minimum absolute atomic E-state index is 0.0412. The van der Waals surface area contributed by atoms with Crippen LogP contribution in [0.3, 0.4) is 0 Å². The van der Waals surface area contributed by atoms with E-state index in [0.29, 0.717) is 0 Å². The third-order valence-corrected chi connectivity index (χ3v) is 5.97. The zero-order valence-corrected chi connectivity index (χ0v) is 13.5. The van der Waals surface area contributed by atoms with Crippen molar-refractivity contribution in [1.29, 1.82) is 0 Å². The van der Waals surface area contributed by atoms with Crippen molar-refractivity contribution in [3.8, 4) is 0 Å². The molecule has 1 saturated carbocycles. The number of fused-ring (bicyclic) bond motifs is 2. The molecule has 0 bridgehead atoms. The van der Waals surface area contributed by atoms with Gasteiger partial charge in [-0.15, -0.1) is 0 Å². The van der Waals surface area contributed by atoms with Crippen molar-refractivity contribution in [2.75, 3.05) is 5.32 Å². The first-order chi connectivity index (χ1) is 11.1. The molecule has 2 heterocycles. The van der Waals surface area contributed by atoms with Crippen molar-refractivity contribution < 1.29 is 9.59 Å². The van der Waals surface area contributed by atoms with Gasteiger partial charge in [-0.05, 0) is 48.9 Å². The van der Waals surface area contributed by atoms with Crippen molar-refractivity contribution >= 4 is 23.2 Å². The van der Waals surface area contributed by atoms with Gasteiger partial charge in [-0.3, -0.25) is 9.59 Å². The minimum Gasteiger partial charge on any atom is -0.325 e. The summed E-state index contributed by atoms with van der Waals surface area (Å²) in [4.78, 5) is 24.3. The van der Waals surface area contributed by atoms with E-state index in [1.54, 1.807) is 0 Å². The van der Waals surface area contributed by atoms with Gasteiger partial charge in [0.25, 0.3) is 0 Å². The van der Waals surface area contributed by atoms with Crippen molar-refractivity contribution in [3.63, 3.8) is 0 Å². The second-order valence-electron chi connectivity index (χ2n) is 6.77. The lowest BCUT2D eigenvalue weighted by Gasteiger charge is -2.39. The molecule has 2 aliphatic heterocycles. The van der Waals surface area contributed by atoms with Crippen LogP contribution in [0, 0.1) is 11.8 Å². The maximum atomic E-state index is 12.5. The van der Waals surface area contributed by atoms with Crippen LogP contribution in [-0.2, 0) is 15.0 Å². The lowest BCUT2D eigenvalue weighted by molar-refractivity contribution is -0.129. The number of rotatable bonds is 3. The van der Waals surface area contributed by atoms with E-state index in [2.05, 4.69) is 35.8 Å². The molecule has 1 fully saturated rings. The number of nitrogens with one attached hydrogen (secondary N) is 2. The number of carbonyl (C=O) groups excluding carboxylic acids is 2. The summed E-state index contributed by atoms with van der Waals surface area (Å²) in [5.74, 6) is 0.427. The Morgan fingerprint density at radius 3 is 2.57 bits per heavy atom. The van der Waals surface area contributed by atoms with Gasteiger partial charge in [-0.1, -0.05) is 19.9 Å². The fourth-order valence-electron chi connectivity index (χ4n) is 4.23. The average Bonchev–Trinajstić information content (AvgIpc) is 2.80. The molecule has 1 aliphatic carbocycles. The minimum atomic E-state index is -0.442. The Kier molecular flexibility index (Phi) is 3.08. The zero-order valence-electron chi connectivity index (χ0n) is 13.5. The number of hydrogen-bond acceptors (Lipinski definition) is 3. The third kappa shape index (κ3) is 1.82. The second-order valence-corrected chi connectivity index (χ2v) is 6.77. The highest BCUT2D eigenvalue weighted by atomic mass is 16.2. The number of benzene rings is 1. The summed E-state index contributed by atoms with van der Waals surface area (Å²) in [6.07, 6.45) is 3.51. The summed E-state index contributed by atoms with van der Waals surface area (Å²) >= 11 is 0. The summed E-state index contributed by atoms with van der Waals surface area (Å²) in [5.41, 5.74) is 6.18. The van der Waals surface area contributed by atoms with Gasteiger partial charge in [0.15, 0.2) is 0 Å². The fourth-order valence-corrected chi connectivity index (χ4v) is 4.23. The molecule has 4 rings (SSSR count). The Morgan fingerprint density at radius 2 is 1.91 bits per heavy atom. The average molecular weight is 311 g/mol. The molecule has 1 aromatic rings. The van der Waals surface area contributed by atoms with E-state index in [1.807, 2.05) is 12.1 Å². The number of nitrogens with zero attached hydrogens (tertiary/aromatic N) is 1. The first kappa shape index (κ1) is 14.4. The highest BCUT2D eigenvalue weighted by Crippen LogP contribution is 2.45. The monoisotopic (exact) mass is 311 g/mol. The van der Waals surface area contributed by atoms with Gasteiger partial charge in [0.2, 0.25) is 11.8 Å². The van der Waals surface area contributed by atoms with Gasteiger partial charge >= 0.3 is 0 Å². The summed E-state index contributed by atoms with van der Waals surface area (Å²) in [6, 6.07) is 6.08. The quantitative estimate of drug-likeness (QED) is 0.900. The van der Waals surface area contributed by atoms with Gasteiger partial charge in [-0.2, -0.15) is 5.10 Å². The summed E-state index contributed by atoms with van der Waals surface area (Å²) in [6.45, 7) is 4.12. The maximum Gasteiger partial charge on any atom is 0.243 e. The highest BCUT2D eigenvalue weighted by Gasteiger charge is 2.46. The number of carbonyl (C=O) groups is 2. The largest absolute Gasteiger partial charge is 0.325 e. The smallest absolute Gasteiger partial charge is 0.243 e. The molecule has 5 heteroatoms.